The van der Waals surface area contributed by atoms with Crippen molar-refractivity contribution < 1.29 is 0 Å². The summed E-state index contributed by atoms with van der Waals surface area (Å²) in [6.07, 6.45) is 6.81. The molecule has 0 aliphatic heterocycles. The first-order chi connectivity index (χ1) is 4.85. The summed E-state index contributed by atoms with van der Waals surface area (Å²) in [4.78, 5) is 0. The maximum Gasteiger partial charge on any atom is 0.0366 e. The minimum absolute atomic E-state index is 0.335. The fourth-order valence-corrected chi connectivity index (χ4v) is 1.05. The molecule has 1 radical (unpaired) electrons. The second-order valence-electron chi connectivity index (χ2n) is 2.46. The summed E-state index contributed by atoms with van der Waals surface area (Å²) in [7, 11) is 0. The summed E-state index contributed by atoms with van der Waals surface area (Å²) in [6.45, 7) is 5.88. The molecule has 1 unspecified atom stereocenters. The molecule has 1 heteroatoms. The van der Waals surface area contributed by atoms with Gasteiger partial charge in [-0.2, -0.15) is 0 Å². The van der Waals surface area contributed by atoms with Gasteiger partial charge < -0.3 is 0 Å². The Bertz CT molecular complexity index is 88.9. The highest BCUT2D eigenvalue weighted by Gasteiger charge is 1.97. The first-order valence-corrected chi connectivity index (χ1v) is 4.26. The fourth-order valence-electron chi connectivity index (χ4n) is 0.839. The van der Waals surface area contributed by atoms with Crippen LogP contribution < -0.4 is 0 Å². The fraction of sp³-hybridized carbons (Fsp3) is 0.667. The van der Waals surface area contributed by atoms with Gasteiger partial charge in [0.1, 0.15) is 0 Å². The number of rotatable bonds is 6. The van der Waals surface area contributed by atoms with E-state index in [-0.39, 0.29) is 0 Å². The van der Waals surface area contributed by atoms with E-state index >= 15 is 0 Å². The number of thiocarbonyl (C=S) groups is 1. The molecule has 0 N–H and O–H groups in total. The lowest BCUT2D eigenvalue weighted by atomic mass is 10.0. The van der Waals surface area contributed by atoms with E-state index < -0.39 is 0 Å². The first-order valence-electron chi connectivity index (χ1n) is 3.85. The molecule has 0 heterocycles. The van der Waals surface area contributed by atoms with Gasteiger partial charge in [-0.1, -0.05) is 44.5 Å². The molecule has 0 fully saturated rings. The van der Waals surface area contributed by atoms with Gasteiger partial charge in [0.2, 0.25) is 0 Å². The molecule has 0 aliphatic carbocycles. The van der Waals surface area contributed by atoms with Crippen molar-refractivity contribution in [3.05, 3.63) is 12.7 Å². The zero-order valence-corrected chi connectivity index (χ0v) is 7.41. The molecule has 0 amide bonds. The van der Waals surface area contributed by atoms with Crippen LogP contribution in [0, 0.1) is 5.92 Å². The van der Waals surface area contributed by atoms with Crippen LogP contribution in [0.4, 0.5) is 0 Å². The Balaban J connectivity index is 3.25. The minimum atomic E-state index is 0.335. The van der Waals surface area contributed by atoms with Crippen LogP contribution in [0.5, 0.6) is 0 Å². The second-order valence-corrected chi connectivity index (χ2v) is 2.69. The zero-order valence-electron chi connectivity index (χ0n) is 6.60. The van der Waals surface area contributed by atoms with Crippen LogP contribution in [-0.4, -0.2) is 5.37 Å². The van der Waals surface area contributed by atoms with Gasteiger partial charge in [-0.15, -0.1) is 6.58 Å². The van der Waals surface area contributed by atoms with Crippen LogP contribution in [0.1, 0.15) is 32.6 Å². The topological polar surface area (TPSA) is 0 Å². The molecule has 0 saturated carbocycles. The van der Waals surface area contributed by atoms with Crippen LogP contribution in [0.15, 0.2) is 12.7 Å². The van der Waals surface area contributed by atoms with Crippen molar-refractivity contribution in [2.75, 3.05) is 0 Å². The van der Waals surface area contributed by atoms with Gasteiger partial charge in [0.25, 0.3) is 0 Å². The normalized spacial score (nSPS) is 12.5. The summed E-state index contributed by atoms with van der Waals surface area (Å²) in [5.74, 6) is 0.335. The van der Waals surface area contributed by atoms with Crippen molar-refractivity contribution >= 4 is 17.6 Å². The summed E-state index contributed by atoms with van der Waals surface area (Å²) < 4.78 is 0. The third-order valence-corrected chi connectivity index (χ3v) is 1.86. The lowest BCUT2D eigenvalue weighted by Gasteiger charge is -2.02. The molecule has 0 aromatic carbocycles. The highest BCUT2D eigenvalue weighted by atomic mass is 32.1. The molecule has 10 heavy (non-hydrogen) atoms. The van der Waals surface area contributed by atoms with Crippen molar-refractivity contribution in [2.45, 2.75) is 32.6 Å². The number of hydrogen-bond donors (Lipinski definition) is 0. The molecule has 0 aromatic heterocycles. The van der Waals surface area contributed by atoms with Gasteiger partial charge in [-0.05, 0) is 6.42 Å². The van der Waals surface area contributed by atoms with Crippen molar-refractivity contribution in [1.29, 1.82) is 0 Å². The maximum atomic E-state index is 4.70. The summed E-state index contributed by atoms with van der Waals surface area (Å²) >= 11 is 4.70. The van der Waals surface area contributed by atoms with Crippen LogP contribution >= 0.6 is 12.2 Å². The Morgan fingerprint density at radius 1 is 1.60 bits per heavy atom. The van der Waals surface area contributed by atoms with Crippen LogP contribution in [0.2, 0.25) is 0 Å². The van der Waals surface area contributed by atoms with Crippen molar-refractivity contribution in [2.24, 2.45) is 5.92 Å². The van der Waals surface area contributed by atoms with E-state index in [4.69, 9.17) is 12.2 Å². The zero-order chi connectivity index (χ0) is 7.82. The van der Waals surface area contributed by atoms with Gasteiger partial charge >= 0.3 is 0 Å². The molecule has 0 rings (SSSR count). The predicted octanol–water partition coefficient (Wildman–Crippen LogP) is 3.25. The molecule has 0 nitrogen and oxygen atoms in total. The van der Waals surface area contributed by atoms with E-state index in [1.165, 1.54) is 19.3 Å². The summed E-state index contributed by atoms with van der Waals surface area (Å²) in [5, 5.41) is 2.78. The van der Waals surface area contributed by atoms with Crippen molar-refractivity contribution in [3.8, 4) is 0 Å². The standard InChI is InChI=1S/C9H15S/c1-3-5-6-7-9(4-2)8-10/h4,9H,2-3,5-7H2,1H3. The number of unbranched alkanes of at least 4 members (excludes halogenated alkanes) is 2. The number of hydrogen-bond acceptors (Lipinski definition) is 1. The highest BCUT2D eigenvalue weighted by molar-refractivity contribution is 7.79. The quantitative estimate of drug-likeness (QED) is 0.322. The molecule has 0 aliphatic rings. The van der Waals surface area contributed by atoms with Crippen LogP contribution in [0.3, 0.4) is 0 Å². The van der Waals surface area contributed by atoms with Gasteiger partial charge in [0.05, 0.1) is 0 Å². The summed E-state index contributed by atoms with van der Waals surface area (Å²) in [5.41, 5.74) is 0. The van der Waals surface area contributed by atoms with E-state index in [1.54, 1.807) is 0 Å². The van der Waals surface area contributed by atoms with Crippen LogP contribution in [-0.2, 0) is 0 Å². The molecular weight excluding hydrogens is 140 g/mol. The smallest absolute Gasteiger partial charge is 0.0366 e. The average molecular weight is 155 g/mol. The third-order valence-electron chi connectivity index (χ3n) is 1.55. The Morgan fingerprint density at radius 3 is 2.70 bits per heavy atom. The highest BCUT2D eigenvalue weighted by Crippen LogP contribution is 2.08. The first kappa shape index (κ1) is 9.83. The van der Waals surface area contributed by atoms with E-state index in [9.17, 15) is 0 Å². The summed E-state index contributed by atoms with van der Waals surface area (Å²) in [6, 6.07) is 0. The van der Waals surface area contributed by atoms with Crippen molar-refractivity contribution in [3.63, 3.8) is 0 Å². The SMILES string of the molecule is C=CC([C]=S)CCCCC. The monoisotopic (exact) mass is 155 g/mol. The largest absolute Gasteiger partial charge is 0.102 e. The lowest BCUT2D eigenvalue weighted by Crippen LogP contribution is -1.94. The second kappa shape index (κ2) is 6.94. The number of allylic oxidation sites excluding steroid dienone is 1. The minimum Gasteiger partial charge on any atom is -0.102 e. The Kier molecular flexibility index (Phi) is 6.83. The van der Waals surface area contributed by atoms with E-state index in [2.05, 4.69) is 18.9 Å². The molecule has 0 spiro atoms. The van der Waals surface area contributed by atoms with Crippen LogP contribution in [0.25, 0.3) is 0 Å². The Morgan fingerprint density at radius 2 is 2.30 bits per heavy atom. The van der Waals surface area contributed by atoms with Gasteiger partial charge in [-0.25, -0.2) is 0 Å². The maximum absolute atomic E-state index is 4.70. The Hall–Kier alpha value is -0.170. The lowest BCUT2D eigenvalue weighted by molar-refractivity contribution is 0.637. The molecule has 57 valence electrons. The van der Waals surface area contributed by atoms with Gasteiger partial charge in [-0.3, -0.25) is 0 Å². The van der Waals surface area contributed by atoms with Crippen molar-refractivity contribution in [1.82, 2.24) is 0 Å². The Labute approximate surface area is 69.3 Å². The van der Waals surface area contributed by atoms with Gasteiger partial charge in [0.15, 0.2) is 0 Å². The predicted molar refractivity (Wildman–Crippen MR) is 50.4 cm³/mol. The molecule has 0 aromatic rings. The molecule has 1 atom stereocenters. The molecule has 0 saturated heterocycles. The van der Waals surface area contributed by atoms with E-state index in [1.807, 2.05) is 6.08 Å². The van der Waals surface area contributed by atoms with E-state index in [0.717, 1.165) is 6.42 Å². The molecular formula is C9H15S. The van der Waals surface area contributed by atoms with Gasteiger partial charge in [0, 0.05) is 11.3 Å². The average Bonchev–Trinajstić information content (AvgIpc) is 1.99. The molecule has 0 bridgehead atoms. The van der Waals surface area contributed by atoms with E-state index in [0.29, 0.717) is 5.92 Å². The third kappa shape index (κ3) is 4.68.